The molecule has 2 atom stereocenters. The molecule has 3 aliphatic heterocycles. The van der Waals surface area contributed by atoms with Gasteiger partial charge in [0.05, 0.1) is 6.42 Å². The van der Waals surface area contributed by atoms with Gasteiger partial charge in [-0.3, -0.25) is 14.5 Å². The molecule has 3 fully saturated rings. The number of ketones is 1. The first-order valence-corrected chi connectivity index (χ1v) is 6.31. The molecule has 1 amide bonds. The molecule has 3 rings (SSSR count). The molecule has 3 heterocycles. The van der Waals surface area contributed by atoms with Crippen molar-refractivity contribution < 1.29 is 9.59 Å². The third kappa shape index (κ3) is 1.56. The Morgan fingerprint density at radius 1 is 1.00 bits per heavy atom. The summed E-state index contributed by atoms with van der Waals surface area (Å²) in [5.74, 6) is 0.178. The molecule has 4 nitrogen and oxygen atoms in total. The molecule has 0 bridgehead atoms. The first kappa shape index (κ1) is 10.3. The molecule has 0 aromatic carbocycles. The van der Waals surface area contributed by atoms with E-state index in [0.717, 1.165) is 13.0 Å². The lowest BCUT2D eigenvalue weighted by molar-refractivity contribution is -0.141. The van der Waals surface area contributed by atoms with Crippen molar-refractivity contribution in [3.63, 3.8) is 0 Å². The van der Waals surface area contributed by atoms with Crippen LogP contribution in [0.25, 0.3) is 0 Å². The zero-order valence-corrected chi connectivity index (χ0v) is 9.52. The van der Waals surface area contributed by atoms with Crippen LogP contribution in [-0.4, -0.2) is 53.2 Å². The fraction of sp³-hybridized carbons (Fsp3) is 0.833. The average molecular weight is 222 g/mol. The maximum Gasteiger partial charge on any atom is 0.230 e. The maximum atomic E-state index is 11.9. The normalized spacial score (nSPS) is 35.9. The Labute approximate surface area is 95.6 Å². The second kappa shape index (κ2) is 3.84. The van der Waals surface area contributed by atoms with E-state index in [9.17, 15) is 9.59 Å². The van der Waals surface area contributed by atoms with Crippen LogP contribution in [0.5, 0.6) is 0 Å². The summed E-state index contributed by atoms with van der Waals surface area (Å²) in [4.78, 5) is 27.6. The van der Waals surface area contributed by atoms with Gasteiger partial charge in [0.2, 0.25) is 5.91 Å². The lowest BCUT2D eigenvalue weighted by atomic mass is 10.0. The molecule has 0 aliphatic carbocycles. The van der Waals surface area contributed by atoms with E-state index in [1.807, 2.05) is 4.90 Å². The lowest BCUT2D eigenvalue weighted by Crippen LogP contribution is -2.49. The van der Waals surface area contributed by atoms with Gasteiger partial charge in [-0.1, -0.05) is 0 Å². The van der Waals surface area contributed by atoms with E-state index in [1.165, 1.54) is 19.4 Å². The van der Waals surface area contributed by atoms with Crippen molar-refractivity contribution in [3.05, 3.63) is 0 Å². The topological polar surface area (TPSA) is 40.6 Å². The highest BCUT2D eigenvalue weighted by Crippen LogP contribution is 2.32. The number of rotatable bonds is 1. The van der Waals surface area contributed by atoms with Crippen molar-refractivity contribution in [1.29, 1.82) is 0 Å². The Kier molecular flexibility index (Phi) is 2.46. The predicted octanol–water partition coefficient (Wildman–Crippen LogP) is 0.415. The Balaban J connectivity index is 1.73. The molecule has 3 aliphatic rings. The van der Waals surface area contributed by atoms with E-state index >= 15 is 0 Å². The molecule has 0 aromatic heterocycles. The van der Waals surface area contributed by atoms with Gasteiger partial charge in [-0.05, 0) is 25.8 Å². The quantitative estimate of drug-likeness (QED) is 0.604. The molecular weight excluding hydrogens is 204 g/mol. The summed E-state index contributed by atoms with van der Waals surface area (Å²) >= 11 is 0. The molecule has 0 spiro atoms. The van der Waals surface area contributed by atoms with Crippen LogP contribution in [-0.2, 0) is 9.59 Å². The largest absolute Gasteiger partial charge is 0.337 e. The lowest BCUT2D eigenvalue weighted by Gasteiger charge is -2.35. The van der Waals surface area contributed by atoms with Crippen molar-refractivity contribution in [2.45, 2.75) is 44.2 Å². The first-order valence-electron chi connectivity index (χ1n) is 6.31. The van der Waals surface area contributed by atoms with Crippen molar-refractivity contribution in [2.75, 3.05) is 19.6 Å². The van der Waals surface area contributed by atoms with E-state index in [0.29, 0.717) is 25.0 Å². The zero-order chi connectivity index (χ0) is 11.1. The van der Waals surface area contributed by atoms with Gasteiger partial charge in [0.1, 0.15) is 5.78 Å². The Hall–Kier alpha value is -0.900. The third-order valence-electron chi connectivity index (χ3n) is 4.27. The molecule has 0 N–H and O–H groups in total. The van der Waals surface area contributed by atoms with E-state index in [2.05, 4.69) is 4.90 Å². The van der Waals surface area contributed by atoms with E-state index < -0.39 is 0 Å². The molecule has 2 unspecified atom stereocenters. The number of hydrogen-bond acceptors (Lipinski definition) is 3. The van der Waals surface area contributed by atoms with Gasteiger partial charge in [0.15, 0.2) is 0 Å². The highest BCUT2D eigenvalue weighted by atomic mass is 16.2. The summed E-state index contributed by atoms with van der Waals surface area (Å²) < 4.78 is 0. The van der Waals surface area contributed by atoms with Crippen LogP contribution in [0.4, 0.5) is 0 Å². The van der Waals surface area contributed by atoms with Gasteiger partial charge in [-0.2, -0.15) is 0 Å². The second-order valence-corrected chi connectivity index (χ2v) is 5.15. The van der Waals surface area contributed by atoms with Crippen LogP contribution in [0.2, 0.25) is 0 Å². The summed E-state index contributed by atoms with van der Waals surface area (Å²) in [6.07, 6.45) is 4.30. The van der Waals surface area contributed by atoms with Crippen LogP contribution >= 0.6 is 0 Å². The molecular formula is C12H18N2O2. The van der Waals surface area contributed by atoms with Crippen LogP contribution in [0.15, 0.2) is 0 Å². The van der Waals surface area contributed by atoms with Gasteiger partial charge in [-0.25, -0.2) is 0 Å². The van der Waals surface area contributed by atoms with Crippen molar-refractivity contribution in [2.24, 2.45) is 0 Å². The minimum absolute atomic E-state index is 0.0648. The number of piperidine rings is 1. The predicted molar refractivity (Wildman–Crippen MR) is 59.0 cm³/mol. The summed E-state index contributed by atoms with van der Waals surface area (Å²) in [5.41, 5.74) is 0. The molecule has 16 heavy (non-hydrogen) atoms. The number of nitrogens with zero attached hydrogens (tertiary/aromatic N) is 2. The van der Waals surface area contributed by atoms with Crippen molar-refractivity contribution >= 4 is 11.7 Å². The monoisotopic (exact) mass is 222 g/mol. The van der Waals surface area contributed by atoms with Crippen molar-refractivity contribution in [3.8, 4) is 0 Å². The summed E-state index contributed by atoms with van der Waals surface area (Å²) in [6, 6.07) is 0.972. The molecule has 88 valence electrons. The number of fused-ring (bicyclic) bond motifs is 1. The molecule has 3 saturated heterocycles. The maximum absolute atomic E-state index is 11.9. The number of hydrogen-bond donors (Lipinski definition) is 0. The SMILES string of the molecule is O=C1CCN(C2CCN3CCCC23)C(=O)C1. The Bertz CT molecular complexity index is 329. The fourth-order valence-corrected chi connectivity index (χ4v) is 3.50. The minimum Gasteiger partial charge on any atom is -0.337 e. The highest BCUT2D eigenvalue weighted by molar-refractivity contribution is 6.00. The smallest absolute Gasteiger partial charge is 0.230 e. The van der Waals surface area contributed by atoms with Gasteiger partial charge in [0.25, 0.3) is 0 Å². The molecule has 0 saturated carbocycles. The number of likely N-dealkylation sites (tertiary alicyclic amines) is 1. The van der Waals surface area contributed by atoms with E-state index in [1.54, 1.807) is 0 Å². The van der Waals surface area contributed by atoms with Crippen LogP contribution in [0.1, 0.15) is 32.1 Å². The molecule has 0 aromatic rings. The summed E-state index contributed by atoms with van der Waals surface area (Å²) in [5, 5.41) is 0. The van der Waals surface area contributed by atoms with Gasteiger partial charge in [0, 0.05) is 31.6 Å². The standard InChI is InChI=1S/C12H18N2O2/c15-9-3-7-14(12(16)8-9)11-4-6-13-5-1-2-10(11)13/h10-11H,1-8H2. The average Bonchev–Trinajstić information content (AvgIpc) is 2.80. The Morgan fingerprint density at radius 3 is 2.69 bits per heavy atom. The third-order valence-corrected chi connectivity index (χ3v) is 4.27. The van der Waals surface area contributed by atoms with Gasteiger partial charge >= 0.3 is 0 Å². The number of Topliss-reactive ketones (excluding diaryl/α,β-unsaturated/α-hetero) is 1. The molecule has 4 heteroatoms. The van der Waals surface area contributed by atoms with Crippen LogP contribution < -0.4 is 0 Å². The van der Waals surface area contributed by atoms with Crippen LogP contribution in [0, 0.1) is 0 Å². The van der Waals surface area contributed by atoms with Crippen molar-refractivity contribution in [1.82, 2.24) is 9.80 Å². The van der Waals surface area contributed by atoms with Gasteiger partial charge < -0.3 is 4.90 Å². The summed E-state index contributed by atoms with van der Waals surface area (Å²) in [6.45, 7) is 2.99. The van der Waals surface area contributed by atoms with Gasteiger partial charge in [-0.15, -0.1) is 0 Å². The Morgan fingerprint density at radius 2 is 1.88 bits per heavy atom. The van der Waals surface area contributed by atoms with E-state index in [-0.39, 0.29) is 18.1 Å². The second-order valence-electron chi connectivity index (χ2n) is 5.15. The minimum atomic E-state index is 0.0648. The molecule has 0 radical (unpaired) electrons. The van der Waals surface area contributed by atoms with Crippen LogP contribution in [0.3, 0.4) is 0 Å². The van der Waals surface area contributed by atoms with E-state index in [4.69, 9.17) is 0 Å². The first-order chi connectivity index (χ1) is 7.75. The number of amides is 1. The number of carbonyl (C=O) groups excluding carboxylic acids is 2. The number of carbonyl (C=O) groups is 2. The highest BCUT2D eigenvalue weighted by Gasteiger charge is 2.42. The summed E-state index contributed by atoms with van der Waals surface area (Å²) in [7, 11) is 0. The fourth-order valence-electron chi connectivity index (χ4n) is 3.50. The zero-order valence-electron chi connectivity index (χ0n) is 9.52.